The number of anilines is 1. The molecule has 0 aliphatic heterocycles. The molecule has 0 bridgehead atoms. The van der Waals surface area contributed by atoms with Gasteiger partial charge in [0.05, 0.1) is 31.1 Å². The molecule has 0 fully saturated rings. The van der Waals surface area contributed by atoms with Gasteiger partial charge in [0.25, 0.3) is 0 Å². The summed E-state index contributed by atoms with van der Waals surface area (Å²) >= 11 is 1.36. The quantitative estimate of drug-likeness (QED) is 0.565. The number of aliphatic hydroxyl groups excluding tert-OH is 1. The molecule has 0 heterocycles. The molecule has 0 aliphatic carbocycles. The van der Waals surface area contributed by atoms with Gasteiger partial charge in [0.1, 0.15) is 5.82 Å². The van der Waals surface area contributed by atoms with Gasteiger partial charge in [0, 0.05) is 17.8 Å². The Balaban J connectivity index is 2.29. The molecule has 1 aromatic rings. The van der Waals surface area contributed by atoms with Crippen LogP contribution in [0.3, 0.4) is 0 Å². The van der Waals surface area contributed by atoms with E-state index in [2.05, 4.69) is 0 Å². The number of hydrogen-bond donors (Lipinski definition) is 2. The van der Waals surface area contributed by atoms with Gasteiger partial charge in [-0.15, -0.1) is 11.8 Å². The average Bonchev–Trinajstić information content (AvgIpc) is 2.38. The van der Waals surface area contributed by atoms with Crippen molar-refractivity contribution in [2.24, 2.45) is 0 Å². The fourth-order valence-electron chi connectivity index (χ4n) is 1.40. The van der Waals surface area contributed by atoms with Gasteiger partial charge in [-0.2, -0.15) is 0 Å². The fraction of sp³-hybridized carbons (Fsp3) is 0.538. The molecular weight excluding hydrogens is 269 g/mol. The van der Waals surface area contributed by atoms with Crippen molar-refractivity contribution in [2.75, 3.05) is 31.8 Å². The molecule has 0 spiro atoms. The molecular formula is C13H20FNO3S. The molecule has 0 saturated heterocycles. The van der Waals surface area contributed by atoms with Gasteiger partial charge in [-0.25, -0.2) is 4.39 Å². The third-order valence-electron chi connectivity index (χ3n) is 2.39. The average molecular weight is 289 g/mol. The second-order valence-corrected chi connectivity index (χ2v) is 5.34. The lowest BCUT2D eigenvalue weighted by molar-refractivity contribution is -0.0257. The molecule has 0 radical (unpaired) electrons. The second-order valence-electron chi connectivity index (χ2n) is 4.25. The predicted octanol–water partition coefficient (Wildman–Crippen LogP) is 1.91. The van der Waals surface area contributed by atoms with Crippen LogP contribution in [0.1, 0.15) is 6.92 Å². The van der Waals surface area contributed by atoms with Crippen molar-refractivity contribution in [3.8, 4) is 0 Å². The Labute approximate surface area is 117 Å². The first-order valence-corrected chi connectivity index (χ1v) is 6.98. The first-order valence-electron chi connectivity index (χ1n) is 5.99. The maximum Gasteiger partial charge on any atom is 0.147 e. The van der Waals surface area contributed by atoms with E-state index in [9.17, 15) is 9.50 Å². The molecule has 19 heavy (non-hydrogen) atoms. The van der Waals surface area contributed by atoms with Crippen LogP contribution in [0.15, 0.2) is 23.1 Å². The van der Waals surface area contributed by atoms with Crippen LogP contribution in [0, 0.1) is 5.82 Å². The van der Waals surface area contributed by atoms with Crippen LogP contribution in [0.5, 0.6) is 0 Å². The van der Waals surface area contributed by atoms with Gasteiger partial charge in [0.15, 0.2) is 0 Å². The number of halogens is 1. The highest BCUT2D eigenvalue weighted by Gasteiger charge is 2.09. The number of aliphatic hydroxyl groups is 1. The van der Waals surface area contributed by atoms with Crippen LogP contribution in [0.2, 0.25) is 0 Å². The number of nitrogens with two attached hydrogens (primary N) is 1. The lowest BCUT2D eigenvalue weighted by Crippen LogP contribution is -2.24. The molecule has 108 valence electrons. The zero-order valence-electron chi connectivity index (χ0n) is 11.1. The molecule has 1 aromatic carbocycles. The summed E-state index contributed by atoms with van der Waals surface area (Å²) in [5.74, 6) is -0.00673. The summed E-state index contributed by atoms with van der Waals surface area (Å²) in [5.41, 5.74) is 5.52. The number of nitrogen functional groups attached to an aromatic ring is 1. The second kappa shape index (κ2) is 8.37. The van der Waals surface area contributed by atoms with E-state index in [1.54, 1.807) is 13.2 Å². The Kier molecular flexibility index (Phi) is 7.15. The zero-order valence-corrected chi connectivity index (χ0v) is 12.0. The van der Waals surface area contributed by atoms with Gasteiger partial charge in [0.2, 0.25) is 0 Å². The van der Waals surface area contributed by atoms with Gasteiger partial charge < -0.3 is 20.3 Å². The van der Waals surface area contributed by atoms with Gasteiger partial charge >= 0.3 is 0 Å². The minimum absolute atomic E-state index is 0.0568. The van der Waals surface area contributed by atoms with Crippen LogP contribution >= 0.6 is 11.8 Å². The highest BCUT2D eigenvalue weighted by molar-refractivity contribution is 7.99. The summed E-state index contributed by atoms with van der Waals surface area (Å²) in [7, 11) is 1.60. The van der Waals surface area contributed by atoms with E-state index in [0.717, 1.165) is 4.90 Å². The van der Waals surface area contributed by atoms with Crippen molar-refractivity contribution in [3.63, 3.8) is 0 Å². The van der Waals surface area contributed by atoms with E-state index in [4.69, 9.17) is 15.2 Å². The Morgan fingerprint density at radius 2 is 2.16 bits per heavy atom. The number of methoxy groups -OCH3 is 1. The van der Waals surface area contributed by atoms with E-state index in [0.29, 0.717) is 12.4 Å². The number of ether oxygens (including phenoxy) is 2. The molecule has 0 amide bonds. The molecule has 6 heteroatoms. The van der Waals surface area contributed by atoms with E-state index in [-0.39, 0.29) is 18.4 Å². The largest absolute Gasteiger partial charge is 0.396 e. The first-order chi connectivity index (χ1) is 9.02. The number of benzene rings is 1. The van der Waals surface area contributed by atoms with Crippen molar-refractivity contribution in [1.29, 1.82) is 0 Å². The number of rotatable bonds is 8. The van der Waals surface area contributed by atoms with E-state index in [1.807, 2.05) is 6.92 Å². The molecule has 4 nitrogen and oxygen atoms in total. The fourth-order valence-corrected chi connectivity index (χ4v) is 2.23. The van der Waals surface area contributed by atoms with Gasteiger partial charge in [-0.3, -0.25) is 0 Å². The highest BCUT2D eigenvalue weighted by Crippen LogP contribution is 2.22. The van der Waals surface area contributed by atoms with Crippen LogP contribution in [0.4, 0.5) is 10.1 Å². The lowest BCUT2D eigenvalue weighted by Gasteiger charge is -2.15. The summed E-state index contributed by atoms with van der Waals surface area (Å²) in [5, 5.41) is 9.75. The Hall–Kier alpha value is -0.820. The maximum atomic E-state index is 13.2. The molecule has 0 aliphatic rings. The van der Waals surface area contributed by atoms with Crippen molar-refractivity contribution >= 4 is 17.4 Å². The molecule has 1 rings (SSSR count). The smallest absolute Gasteiger partial charge is 0.147 e. The molecule has 3 N–H and O–H groups in total. The molecule has 0 saturated carbocycles. The molecule has 0 aromatic heterocycles. The topological polar surface area (TPSA) is 64.7 Å². The summed E-state index contributed by atoms with van der Waals surface area (Å²) in [4.78, 5) is 0.732. The Bertz CT molecular complexity index is 392. The van der Waals surface area contributed by atoms with Crippen LogP contribution < -0.4 is 5.73 Å². The monoisotopic (exact) mass is 289 g/mol. The van der Waals surface area contributed by atoms with Crippen molar-refractivity contribution in [3.05, 3.63) is 24.0 Å². The van der Waals surface area contributed by atoms with Gasteiger partial charge in [-0.1, -0.05) is 0 Å². The first kappa shape index (κ1) is 16.2. The summed E-state index contributed by atoms with van der Waals surface area (Å²) in [6, 6.07) is 4.60. The highest BCUT2D eigenvalue weighted by atomic mass is 32.2. The van der Waals surface area contributed by atoms with Crippen molar-refractivity contribution < 1.29 is 19.0 Å². The van der Waals surface area contributed by atoms with Crippen LogP contribution in [-0.4, -0.2) is 43.4 Å². The van der Waals surface area contributed by atoms with E-state index in [1.165, 1.54) is 23.9 Å². The summed E-state index contributed by atoms with van der Waals surface area (Å²) < 4.78 is 23.5. The minimum atomic E-state index is -0.607. The Morgan fingerprint density at radius 1 is 1.42 bits per heavy atom. The number of thioether (sulfide) groups is 1. The summed E-state index contributed by atoms with van der Waals surface area (Å²) in [6.07, 6.45) is -0.663. The zero-order chi connectivity index (χ0) is 14.3. The van der Waals surface area contributed by atoms with E-state index >= 15 is 0 Å². The molecule has 2 atom stereocenters. The van der Waals surface area contributed by atoms with E-state index < -0.39 is 11.9 Å². The van der Waals surface area contributed by atoms with Gasteiger partial charge in [-0.05, 0) is 25.1 Å². The molecule has 2 unspecified atom stereocenters. The SMILES string of the molecule is COCC(C)OCC(O)CSc1ccc(N)c(F)c1. The van der Waals surface area contributed by atoms with Crippen LogP contribution in [-0.2, 0) is 9.47 Å². The maximum absolute atomic E-state index is 13.2. The Morgan fingerprint density at radius 3 is 2.79 bits per heavy atom. The van der Waals surface area contributed by atoms with Crippen LogP contribution in [0.25, 0.3) is 0 Å². The summed E-state index contributed by atoms with van der Waals surface area (Å²) in [6.45, 7) is 2.59. The third kappa shape index (κ3) is 6.24. The normalized spacial score (nSPS) is 14.3. The third-order valence-corrected chi connectivity index (χ3v) is 3.53. The lowest BCUT2D eigenvalue weighted by atomic mass is 10.3. The van der Waals surface area contributed by atoms with Crippen molar-refractivity contribution in [1.82, 2.24) is 0 Å². The number of hydrogen-bond acceptors (Lipinski definition) is 5. The minimum Gasteiger partial charge on any atom is -0.396 e. The standard InChI is InChI=1S/C13H20FNO3S/c1-9(6-17-2)18-7-10(16)8-19-11-3-4-13(15)12(14)5-11/h3-5,9-10,16H,6-8,15H2,1-2H3. The van der Waals surface area contributed by atoms with Crippen molar-refractivity contribution in [2.45, 2.75) is 24.0 Å². The predicted molar refractivity (Wildman–Crippen MR) is 74.8 cm³/mol.